The van der Waals surface area contributed by atoms with Crippen LogP contribution in [0.3, 0.4) is 0 Å². The molecule has 1 aromatic rings. The number of hydrogen-bond acceptors (Lipinski definition) is 3. The molecule has 0 radical (unpaired) electrons. The average molecular weight is 371 g/mol. The molecule has 2 atom stereocenters. The Kier molecular flexibility index (Phi) is 4.92. The van der Waals surface area contributed by atoms with Crippen molar-refractivity contribution in [2.45, 2.75) is 38.1 Å². The van der Waals surface area contributed by atoms with E-state index in [1.807, 2.05) is 6.92 Å². The van der Waals surface area contributed by atoms with E-state index in [1.165, 1.54) is 4.90 Å². The number of amides is 3. The Morgan fingerprint density at radius 1 is 1.33 bits per heavy atom. The minimum atomic E-state index is -0.729. The predicted octanol–water partition coefficient (Wildman–Crippen LogP) is 3.87. The lowest BCUT2D eigenvalue weighted by molar-refractivity contribution is -0.134. The van der Waals surface area contributed by atoms with Gasteiger partial charge in [-0.2, -0.15) is 0 Å². The summed E-state index contributed by atoms with van der Waals surface area (Å²) < 4.78 is 5.59. The van der Waals surface area contributed by atoms with Gasteiger partial charge >= 0.3 is 6.03 Å². The molecule has 0 aromatic heterocycles. The van der Waals surface area contributed by atoms with Crippen molar-refractivity contribution in [2.24, 2.45) is 5.92 Å². The summed E-state index contributed by atoms with van der Waals surface area (Å²) in [6.45, 7) is 2.41. The highest BCUT2D eigenvalue weighted by Crippen LogP contribution is 2.38. The summed E-state index contributed by atoms with van der Waals surface area (Å²) in [4.78, 5) is 26.3. The van der Waals surface area contributed by atoms with Crippen molar-refractivity contribution in [3.63, 3.8) is 0 Å². The van der Waals surface area contributed by atoms with Crippen LogP contribution in [-0.4, -0.2) is 35.5 Å². The van der Waals surface area contributed by atoms with Gasteiger partial charge in [-0.05, 0) is 37.0 Å². The molecule has 1 N–H and O–H groups in total. The van der Waals surface area contributed by atoms with E-state index in [4.69, 9.17) is 27.9 Å². The number of benzene rings is 1. The van der Waals surface area contributed by atoms with Crippen molar-refractivity contribution in [3.05, 3.63) is 28.2 Å². The van der Waals surface area contributed by atoms with Crippen LogP contribution >= 0.6 is 23.2 Å². The molecule has 2 fully saturated rings. The first-order valence-electron chi connectivity index (χ1n) is 8.16. The summed E-state index contributed by atoms with van der Waals surface area (Å²) in [5.74, 6) is 0.499. The van der Waals surface area contributed by atoms with E-state index in [0.29, 0.717) is 22.2 Å². The summed E-state index contributed by atoms with van der Waals surface area (Å²) in [6.07, 6.45) is 3.72. The lowest BCUT2D eigenvalue weighted by atomic mass is 9.73. The molecule has 1 saturated carbocycles. The zero-order valence-electron chi connectivity index (χ0n) is 13.5. The van der Waals surface area contributed by atoms with Gasteiger partial charge in [-0.15, -0.1) is 0 Å². The Hall–Kier alpha value is -1.46. The molecular formula is C17H20Cl2N2O3. The van der Waals surface area contributed by atoms with Crippen LogP contribution in [0.2, 0.25) is 10.0 Å². The number of rotatable bonds is 4. The summed E-state index contributed by atoms with van der Waals surface area (Å²) in [5, 5.41) is 3.85. The molecule has 1 spiro atoms. The van der Waals surface area contributed by atoms with Crippen LogP contribution < -0.4 is 10.1 Å². The van der Waals surface area contributed by atoms with Crippen LogP contribution in [0.4, 0.5) is 4.79 Å². The van der Waals surface area contributed by atoms with Crippen LogP contribution in [0.5, 0.6) is 5.75 Å². The number of imide groups is 1. The van der Waals surface area contributed by atoms with Gasteiger partial charge in [0.1, 0.15) is 17.9 Å². The Morgan fingerprint density at radius 2 is 2.12 bits per heavy atom. The molecule has 130 valence electrons. The molecule has 1 saturated heterocycles. The molecule has 0 bridgehead atoms. The molecule has 7 heteroatoms. The summed E-state index contributed by atoms with van der Waals surface area (Å²) in [5.41, 5.74) is -0.729. The maximum atomic E-state index is 12.8. The monoisotopic (exact) mass is 370 g/mol. The molecule has 1 heterocycles. The maximum Gasteiger partial charge on any atom is 0.325 e. The lowest BCUT2D eigenvalue weighted by Gasteiger charge is -2.36. The lowest BCUT2D eigenvalue weighted by Crippen LogP contribution is -2.54. The molecule has 1 aliphatic heterocycles. The van der Waals surface area contributed by atoms with E-state index in [9.17, 15) is 9.59 Å². The quantitative estimate of drug-likeness (QED) is 0.818. The second kappa shape index (κ2) is 6.81. The first-order valence-corrected chi connectivity index (χ1v) is 8.91. The van der Waals surface area contributed by atoms with E-state index in [0.717, 1.165) is 19.3 Å². The van der Waals surface area contributed by atoms with E-state index in [2.05, 4.69) is 5.32 Å². The van der Waals surface area contributed by atoms with Crippen molar-refractivity contribution in [1.82, 2.24) is 10.2 Å². The Labute approximate surface area is 151 Å². The van der Waals surface area contributed by atoms with E-state index >= 15 is 0 Å². The van der Waals surface area contributed by atoms with Gasteiger partial charge < -0.3 is 10.1 Å². The van der Waals surface area contributed by atoms with Crippen molar-refractivity contribution in [2.75, 3.05) is 13.2 Å². The number of nitrogens with zero attached hydrogens (tertiary/aromatic N) is 1. The highest BCUT2D eigenvalue weighted by atomic mass is 35.5. The largest absolute Gasteiger partial charge is 0.490 e. The molecule has 24 heavy (non-hydrogen) atoms. The van der Waals surface area contributed by atoms with Gasteiger partial charge in [0.25, 0.3) is 5.91 Å². The second-order valence-electron chi connectivity index (χ2n) is 6.43. The Balaban J connectivity index is 1.63. The van der Waals surface area contributed by atoms with Gasteiger partial charge in [-0.1, -0.05) is 43.0 Å². The number of nitrogens with one attached hydrogen (secondary N) is 1. The number of halogens is 2. The van der Waals surface area contributed by atoms with Gasteiger partial charge in [-0.25, -0.2) is 4.79 Å². The molecule has 3 amide bonds. The number of carbonyl (C=O) groups is 2. The third-order valence-electron chi connectivity index (χ3n) is 4.97. The normalized spacial score (nSPS) is 26.8. The van der Waals surface area contributed by atoms with Crippen molar-refractivity contribution >= 4 is 35.1 Å². The number of carbonyl (C=O) groups excluding carboxylic acids is 2. The molecule has 1 aliphatic carbocycles. The highest BCUT2D eigenvalue weighted by Gasteiger charge is 2.54. The fourth-order valence-corrected chi connectivity index (χ4v) is 4.00. The zero-order chi connectivity index (χ0) is 17.3. The van der Waals surface area contributed by atoms with Crippen molar-refractivity contribution in [3.8, 4) is 5.75 Å². The average Bonchev–Trinajstić information content (AvgIpc) is 2.77. The van der Waals surface area contributed by atoms with Gasteiger partial charge in [0.15, 0.2) is 0 Å². The third-order valence-corrected chi connectivity index (χ3v) is 5.50. The van der Waals surface area contributed by atoms with E-state index < -0.39 is 5.54 Å². The molecule has 0 unspecified atom stereocenters. The highest BCUT2D eigenvalue weighted by molar-refractivity contribution is 6.35. The van der Waals surface area contributed by atoms with Gasteiger partial charge in [0.05, 0.1) is 11.6 Å². The minimum absolute atomic E-state index is 0.134. The summed E-state index contributed by atoms with van der Waals surface area (Å²) in [6, 6.07) is 4.60. The topological polar surface area (TPSA) is 58.6 Å². The molecular weight excluding hydrogens is 351 g/mol. The third kappa shape index (κ3) is 3.07. The number of urea groups is 1. The predicted molar refractivity (Wildman–Crippen MR) is 92.6 cm³/mol. The second-order valence-corrected chi connectivity index (χ2v) is 7.27. The minimum Gasteiger partial charge on any atom is -0.490 e. The Morgan fingerprint density at radius 3 is 2.83 bits per heavy atom. The summed E-state index contributed by atoms with van der Waals surface area (Å²) in [7, 11) is 0. The van der Waals surface area contributed by atoms with E-state index in [1.54, 1.807) is 18.2 Å². The van der Waals surface area contributed by atoms with Crippen molar-refractivity contribution in [1.29, 1.82) is 0 Å². The maximum absolute atomic E-state index is 12.8. The van der Waals surface area contributed by atoms with E-state index in [-0.39, 0.29) is 31.0 Å². The van der Waals surface area contributed by atoms with Crippen LogP contribution in [0.1, 0.15) is 32.6 Å². The van der Waals surface area contributed by atoms with Gasteiger partial charge in [-0.3, -0.25) is 9.69 Å². The van der Waals surface area contributed by atoms with Crippen LogP contribution in [0, 0.1) is 5.92 Å². The fraction of sp³-hybridized carbons (Fsp3) is 0.529. The molecule has 1 aromatic carbocycles. The van der Waals surface area contributed by atoms with Crippen molar-refractivity contribution < 1.29 is 14.3 Å². The first kappa shape index (κ1) is 17.4. The van der Waals surface area contributed by atoms with Crippen LogP contribution in [0.25, 0.3) is 0 Å². The number of hydrogen-bond donors (Lipinski definition) is 1. The Bertz CT molecular complexity index is 667. The van der Waals surface area contributed by atoms with Crippen LogP contribution in [0.15, 0.2) is 18.2 Å². The fourth-order valence-electron chi connectivity index (χ4n) is 3.54. The van der Waals surface area contributed by atoms with Crippen LogP contribution in [-0.2, 0) is 4.79 Å². The molecule has 3 rings (SSSR count). The molecule has 5 nitrogen and oxygen atoms in total. The van der Waals surface area contributed by atoms with Gasteiger partial charge in [0, 0.05) is 5.02 Å². The molecule has 2 aliphatic rings. The summed E-state index contributed by atoms with van der Waals surface area (Å²) >= 11 is 11.9. The standard InChI is InChI=1S/C17H20Cl2N2O3/c1-11-4-2-3-7-17(11)15(22)21(16(23)20-17)8-9-24-14-6-5-12(18)10-13(14)19/h5-6,10-11H,2-4,7-9H2,1H3,(H,20,23)/t11-,17+/m0/s1. The smallest absolute Gasteiger partial charge is 0.325 e. The zero-order valence-corrected chi connectivity index (χ0v) is 15.0. The SMILES string of the molecule is C[C@H]1CCCC[C@@]12NC(=O)N(CCOc1ccc(Cl)cc1Cl)C2=O. The van der Waals surface area contributed by atoms with Gasteiger partial charge in [0.2, 0.25) is 0 Å². The number of ether oxygens (including phenoxy) is 1. The first-order chi connectivity index (χ1) is 11.4.